The van der Waals surface area contributed by atoms with Gasteiger partial charge in [-0.2, -0.15) is 0 Å². The normalized spacial score (nSPS) is 10.9. The van der Waals surface area contributed by atoms with Crippen molar-refractivity contribution >= 4 is 12.0 Å². The van der Waals surface area contributed by atoms with Crippen molar-refractivity contribution in [2.24, 2.45) is 0 Å². The molecule has 0 aromatic carbocycles. The van der Waals surface area contributed by atoms with Crippen molar-refractivity contribution < 1.29 is 14.7 Å². The second-order valence-corrected chi connectivity index (χ2v) is 5.48. The quantitative estimate of drug-likeness (QED) is 0.723. The summed E-state index contributed by atoms with van der Waals surface area (Å²) in [6.07, 6.45) is 2.50. The summed E-state index contributed by atoms with van der Waals surface area (Å²) in [5.41, 5.74) is -0.403. The van der Waals surface area contributed by atoms with Crippen molar-refractivity contribution in [1.82, 2.24) is 9.80 Å². The average molecular weight is 270 g/mol. The molecule has 2 amide bonds. The zero-order chi connectivity index (χ0) is 15.1. The van der Waals surface area contributed by atoms with Gasteiger partial charge in [-0.3, -0.25) is 4.79 Å². The fraction of sp³-hybridized carbons (Fsp3) is 0.714. The van der Waals surface area contributed by atoms with E-state index in [0.29, 0.717) is 13.1 Å². The zero-order valence-corrected chi connectivity index (χ0v) is 12.5. The number of carboxylic acids is 1. The van der Waals surface area contributed by atoms with E-state index in [-0.39, 0.29) is 19.0 Å². The molecule has 0 saturated carbocycles. The summed E-state index contributed by atoms with van der Waals surface area (Å²) in [7, 11) is 0. The highest BCUT2D eigenvalue weighted by atomic mass is 16.4. The van der Waals surface area contributed by atoms with Gasteiger partial charge < -0.3 is 14.9 Å². The number of nitrogens with zero attached hydrogens (tertiary/aromatic N) is 2. The summed E-state index contributed by atoms with van der Waals surface area (Å²) in [6, 6.07) is -0.129. The molecule has 0 aliphatic rings. The lowest BCUT2D eigenvalue weighted by Gasteiger charge is -2.39. The van der Waals surface area contributed by atoms with E-state index in [1.807, 2.05) is 27.7 Å². The van der Waals surface area contributed by atoms with Crippen LogP contribution in [-0.4, -0.2) is 52.1 Å². The molecule has 0 spiro atoms. The van der Waals surface area contributed by atoms with Gasteiger partial charge in [0.05, 0.1) is 6.42 Å². The van der Waals surface area contributed by atoms with Crippen LogP contribution in [0.5, 0.6) is 0 Å². The minimum absolute atomic E-state index is 0.0446. The van der Waals surface area contributed by atoms with E-state index in [2.05, 4.69) is 6.58 Å². The molecule has 0 radical (unpaired) electrons. The second kappa shape index (κ2) is 7.81. The number of hydrogen-bond acceptors (Lipinski definition) is 2. The molecule has 0 bridgehead atoms. The first-order chi connectivity index (χ1) is 8.73. The fourth-order valence-corrected chi connectivity index (χ4v) is 1.79. The molecule has 0 fully saturated rings. The van der Waals surface area contributed by atoms with Crippen LogP contribution in [0.25, 0.3) is 0 Å². The van der Waals surface area contributed by atoms with Crippen molar-refractivity contribution in [3.8, 4) is 0 Å². The van der Waals surface area contributed by atoms with Gasteiger partial charge in [0.25, 0.3) is 0 Å². The van der Waals surface area contributed by atoms with Crippen molar-refractivity contribution in [3.63, 3.8) is 0 Å². The Kier molecular flexibility index (Phi) is 7.19. The Balaban J connectivity index is 4.95. The van der Waals surface area contributed by atoms with Crippen molar-refractivity contribution in [2.75, 3.05) is 19.6 Å². The van der Waals surface area contributed by atoms with Crippen LogP contribution < -0.4 is 0 Å². The van der Waals surface area contributed by atoms with E-state index in [9.17, 15) is 9.59 Å². The standard InChI is InChI=1S/C14H26N2O3/c1-6-9-15(10-7-2)13(19)16(14(3,4)5)11-8-12(17)18/h6H,1,7-11H2,2-5H3,(H,17,18). The van der Waals surface area contributed by atoms with Crippen LogP contribution in [0.2, 0.25) is 0 Å². The van der Waals surface area contributed by atoms with Gasteiger partial charge in [0.15, 0.2) is 0 Å². The van der Waals surface area contributed by atoms with Crippen LogP contribution in [-0.2, 0) is 4.79 Å². The van der Waals surface area contributed by atoms with Gasteiger partial charge in [-0.05, 0) is 27.2 Å². The Bertz CT molecular complexity index is 321. The van der Waals surface area contributed by atoms with Gasteiger partial charge >= 0.3 is 12.0 Å². The predicted molar refractivity (Wildman–Crippen MR) is 76.2 cm³/mol. The van der Waals surface area contributed by atoms with Gasteiger partial charge in [0, 0.05) is 25.2 Å². The molecule has 0 rings (SSSR count). The van der Waals surface area contributed by atoms with Crippen LogP contribution in [0.1, 0.15) is 40.5 Å². The van der Waals surface area contributed by atoms with E-state index in [4.69, 9.17) is 5.11 Å². The number of urea groups is 1. The molecule has 0 aliphatic carbocycles. The van der Waals surface area contributed by atoms with E-state index in [1.54, 1.807) is 15.9 Å². The third-order valence-electron chi connectivity index (χ3n) is 2.70. The molecule has 1 N–H and O–H groups in total. The number of carboxylic acid groups (broad SMARTS) is 1. The van der Waals surface area contributed by atoms with Crippen LogP contribution >= 0.6 is 0 Å². The lowest BCUT2D eigenvalue weighted by atomic mass is 10.1. The number of aliphatic carboxylic acids is 1. The number of hydrogen-bond donors (Lipinski definition) is 1. The summed E-state index contributed by atoms with van der Waals surface area (Å²) in [5.74, 6) is -0.896. The molecule has 0 aromatic heterocycles. The van der Waals surface area contributed by atoms with Crippen LogP contribution in [0.15, 0.2) is 12.7 Å². The molecule has 0 heterocycles. The predicted octanol–water partition coefficient (Wildman–Crippen LogP) is 2.58. The Morgan fingerprint density at radius 3 is 2.21 bits per heavy atom. The van der Waals surface area contributed by atoms with Crippen molar-refractivity contribution in [2.45, 2.75) is 46.1 Å². The number of carbonyl (C=O) groups is 2. The zero-order valence-electron chi connectivity index (χ0n) is 12.5. The van der Waals surface area contributed by atoms with E-state index < -0.39 is 11.5 Å². The number of rotatable bonds is 7. The highest BCUT2D eigenvalue weighted by Crippen LogP contribution is 2.16. The van der Waals surface area contributed by atoms with Crippen molar-refractivity contribution in [3.05, 3.63) is 12.7 Å². The van der Waals surface area contributed by atoms with Crippen LogP contribution in [0.3, 0.4) is 0 Å². The molecule has 0 aliphatic heterocycles. The monoisotopic (exact) mass is 270 g/mol. The Labute approximate surface area is 115 Å². The SMILES string of the molecule is C=CCN(CCC)C(=O)N(CCC(=O)O)C(C)(C)C. The minimum atomic E-state index is -0.896. The van der Waals surface area contributed by atoms with Gasteiger partial charge in [-0.1, -0.05) is 13.0 Å². The first kappa shape index (κ1) is 17.5. The average Bonchev–Trinajstić information content (AvgIpc) is 2.26. The maximum atomic E-state index is 12.5. The summed E-state index contributed by atoms with van der Waals surface area (Å²) in [5, 5.41) is 8.79. The minimum Gasteiger partial charge on any atom is -0.481 e. The van der Waals surface area contributed by atoms with E-state index in [0.717, 1.165) is 6.42 Å². The van der Waals surface area contributed by atoms with E-state index in [1.165, 1.54) is 0 Å². The lowest BCUT2D eigenvalue weighted by Crippen LogP contribution is -2.52. The molecule has 0 atom stereocenters. The van der Waals surface area contributed by atoms with Gasteiger partial charge in [-0.25, -0.2) is 4.79 Å². The topological polar surface area (TPSA) is 60.9 Å². The van der Waals surface area contributed by atoms with Crippen LogP contribution in [0, 0.1) is 0 Å². The van der Waals surface area contributed by atoms with Gasteiger partial charge in [0.1, 0.15) is 0 Å². The highest BCUT2D eigenvalue weighted by molar-refractivity contribution is 5.76. The molecule has 0 aromatic rings. The number of amides is 2. The lowest BCUT2D eigenvalue weighted by molar-refractivity contribution is -0.137. The molecule has 5 heteroatoms. The summed E-state index contributed by atoms with van der Waals surface area (Å²) in [4.78, 5) is 26.5. The second-order valence-electron chi connectivity index (χ2n) is 5.48. The van der Waals surface area contributed by atoms with Gasteiger partial charge in [-0.15, -0.1) is 6.58 Å². The molecule has 0 saturated heterocycles. The number of carbonyl (C=O) groups excluding carboxylic acids is 1. The van der Waals surface area contributed by atoms with Crippen molar-refractivity contribution in [1.29, 1.82) is 0 Å². The van der Waals surface area contributed by atoms with E-state index >= 15 is 0 Å². The Morgan fingerprint density at radius 2 is 1.84 bits per heavy atom. The Hall–Kier alpha value is -1.52. The molecule has 0 unspecified atom stereocenters. The Morgan fingerprint density at radius 1 is 1.26 bits per heavy atom. The molecule has 110 valence electrons. The highest BCUT2D eigenvalue weighted by Gasteiger charge is 2.29. The third kappa shape index (κ3) is 6.27. The molecular weight excluding hydrogens is 244 g/mol. The molecular formula is C14H26N2O3. The fourth-order valence-electron chi connectivity index (χ4n) is 1.79. The maximum Gasteiger partial charge on any atom is 0.320 e. The molecule has 5 nitrogen and oxygen atoms in total. The molecule has 19 heavy (non-hydrogen) atoms. The smallest absolute Gasteiger partial charge is 0.320 e. The first-order valence-corrected chi connectivity index (χ1v) is 6.63. The van der Waals surface area contributed by atoms with Gasteiger partial charge in [0.2, 0.25) is 0 Å². The van der Waals surface area contributed by atoms with Crippen LogP contribution in [0.4, 0.5) is 4.79 Å². The summed E-state index contributed by atoms with van der Waals surface area (Å²) < 4.78 is 0. The first-order valence-electron chi connectivity index (χ1n) is 6.63. The largest absolute Gasteiger partial charge is 0.481 e. The summed E-state index contributed by atoms with van der Waals surface area (Å²) >= 11 is 0. The maximum absolute atomic E-state index is 12.5. The summed E-state index contributed by atoms with van der Waals surface area (Å²) in [6.45, 7) is 12.7. The third-order valence-corrected chi connectivity index (χ3v) is 2.70.